The van der Waals surface area contributed by atoms with E-state index in [9.17, 15) is 14.9 Å². The maximum atomic E-state index is 13.9. The SMILES string of the molecule is COCCCNC(=O)C1C(O[Si](C)(C)C(C)(C)C)C(O[Si](C)(C)C(C)(C)C)CN1c1ccccc1[N+](=O)[O-]. The normalized spacial score (nSPS) is 21.0. The van der Waals surface area contributed by atoms with Gasteiger partial charge in [-0.15, -0.1) is 0 Å². The van der Waals surface area contributed by atoms with Crippen molar-refractivity contribution in [3.63, 3.8) is 0 Å². The zero-order valence-electron chi connectivity index (χ0n) is 25.2. The lowest BCUT2D eigenvalue weighted by Gasteiger charge is -2.43. The van der Waals surface area contributed by atoms with E-state index in [0.29, 0.717) is 31.8 Å². The predicted octanol–water partition coefficient (Wildman–Crippen LogP) is 5.72. The molecule has 11 heteroatoms. The van der Waals surface area contributed by atoms with Crippen molar-refractivity contribution in [1.29, 1.82) is 0 Å². The quantitative estimate of drug-likeness (QED) is 0.158. The minimum Gasteiger partial charge on any atom is -0.409 e. The number of nitrogens with one attached hydrogen (secondary N) is 1. The van der Waals surface area contributed by atoms with E-state index in [1.165, 1.54) is 6.07 Å². The average molecular weight is 568 g/mol. The lowest BCUT2D eigenvalue weighted by Crippen LogP contribution is -2.56. The first-order valence-electron chi connectivity index (χ1n) is 13.5. The number of carbonyl (C=O) groups is 1. The number of nitrogens with zero attached hydrogens (tertiary/aromatic N) is 2. The highest BCUT2D eigenvalue weighted by atomic mass is 28.4. The standard InChI is InChI=1S/C27H49N3O6Si2/c1-26(2,3)37(8,9)35-22-19-29(20-15-12-13-16-21(20)30(32)33)23(25(31)28-17-14-18-34-7)24(22)36-38(10,11)27(4,5)6/h12-13,15-16,22-24H,14,17-19H2,1-11H3,(H,28,31). The minimum atomic E-state index is -2.36. The molecule has 0 saturated carbocycles. The maximum absolute atomic E-state index is 13.9. The van der Waals surface area contributed by atoms with Gasteiger partial charge in [0.1, 0.15) is 17.8 Å². The molecule has 1 N–H and O–H groups in total. The molecule has 1 aromatic carbocycles. The largest absolute Gasteiger partial charge is 0.409 e. The number of nitro groups is 1. The Morgan fingerprint density at radius 1 is 1.05 bits per heavy atom. The molecular weight excluding hydrogens is 518 g/mol. The Balaban J connectivity index is 2.64. The molecule has 1 aliphatic heterocycles. The van der Waals surface area contributed by atoms with Gasteiger partial charge in [0.25, 0.3) is 5.69 Å². The molecule has 0 bridgehead atoms. The van der Waals surface area contributed by atoms with E-state index in [1.807, 2.05) is 4.90 Å². The number of ether oxygens (including phenoxy) is 1. The molecule has 216 valence electrons. The van der Waals surface area contributed by atoms with Gasteiger partial charge in [0.15, 0.2) is 16.6 Å². The van der Waals surface area contributed by atoms with E-state index in [-0.39, 0.29) is 21.7 Å². The van der Waals surface area contributed by atoms with Gasteiger partial charge in [0.05, 0.1) is 11.0 Å². The van der Waals surface area contributed by atoms with Crippen molar-refractivity contribution in [3.8, 4) is 0 Å². The molecule has 1 fully saturated rings. The van der Waals surface area contributed by atoms with Crippen molar-refractivity contribution < 1.29 is 23.3 Å². The van der Waals surface area contributed by atoms with Gasteiger partial charge in [-0.1, -0.05) is 53.7 Å². The molecular formula is C27H49N3O6Si2. The Hall–Kier alpha value is -1.80. The van der Waals surface area contributed by atoms with Crippen LogP contribution in [0, 0.1) is 10.1 Å². The summed E-state index contributed by atoms with van der Waals surface area (Å²) in [5, 5.41) is 14.9. The number of hydrogen-bond donors (Lipinski definition) is 1. The number of anilines is 1. The van der Waals surface area contributed by atoms with Gasteiger partial charge < -0.3 is 23.8 Å². The molecule has 0 aromatic heterocycles. The lowest BCUT2D eigenvalue weighted by atomic mass is 10.1. The van der Waals surface area contributed by atoms with Crippen LogP contribution in [-0.2, 0) is 18.4 Å². The van der Waals surface area contributed by atoms with E-state index in [2.05, 4.69) is 73.0 Å². The monoisotopic (exact) mass is 567 g/mol. The lowest BCUT2D eigenvalue weighted by molar-refractivity contribution is -0.384. The summed E-state index contributed by atoms with van der Waals surface area (Å²) in [6, 6.07) is 5.82. The number of methoxy groups -OCH3 is 1. The van der Waals surface area contributed by atoms with Crippen LogP contribution >= 0.6 is 0 Å². The molecule has 0 aliphatic carbocycles. The van der Waals surface area contributed by atoms with Gasteiger partial charge >= 0.3 is 0 Å². The first-order valence-corrected chi connectivity index (χ1v) is 19.3. The number of nitro benzene ring substituents is 1. The number of carbonyl (C=O) groups excluding carboxylic acids is 1. The average Bonchev–Trinajstić information content (AvgIpc) is 3.11. The number of benzene rings is 1. The first-order chi connectivity index (χ1) is 17.3. The highest BCUT2D eigenvalue weighted by molar-refractivity contribution is 6.74. The Labute approximate surface area is 231 Å². The van der Waals surface area contributed by atoms with Crippen LogP contribution in [0.1, 0.15) is 48.0 Å². The fraction of sp³-hybridized carbons (Fsp3) is 0.741. The second kappa shape index (κ2) is 12.2. The third-order valence-corrected chi connectivity index (χ3v) is 17.3. The van der Waals surface area contributed by atoms with Gasteiger partial charge in [-0.05, 0) is 48.8 Å². The first kappa shape index (κ1) is 32.4. The summed E-state index contributed by atoms with van der Waals surface area (Å²) in [4.78, 5) is 27.3. The Morgan fingerprint density at radius 3 is 2.13 bits per heavy atom. The van der Waals surface area contributed by atoms with Crippen LogP contribution < -0.4 is 10.2 Å². The molecule has 9 nitrogen and oxygen atoms in total. The third kappa shape index (κ3) is 7.44. The van der Waals surface area contributed by atoms with Gasteiger partial charge in [0, 0.05) is 32.9 Å². The second-order valence-electron chi connectivity index (χ2n) is 13.2. The van der Waals surface area contributed by atoms with Gasteiger partial charge in [-0.25, -0.2) is 0 Å². The highest BCUT2D eigenvalue weighted by Crippen LogP contribution is 2.44. The Bertz CT molecular complexity index is 974. The molecule has 1 saturated heterocycles. The molecule has 38 heavy (non-hydrogen) atoms. The topological polar surface area (TPSA) is 103 Å². The molecule has 0 spiro atoms. The molecule has 1 amide bonds. The molecule has 2 rings (SSSR count). The molecule has 3 unspecified atom stereocenters. The number of rotatable bonds is 11. The van der Waals surface area contributed by atoms with Crippen molar-refractivity contribution in [2.75, 3.05) is 31.7 Å². The Morgan fingerprint density at radius 2 is 1.61 bits per heavy atom. The summed E-state index contributed by atoms with van der Waals surface area (Å²) in [6.07, 6.45) is -0.329. The number of para-hydroxylation sites is 2. The van der Waals surface area contributed by atoms with Crippen LogP contribution in [0.3, 0.4) is 0 Å². The smallest absolute Gasteiger partial charge is 0.292 e. The van der Waals surface area contributed by atoms with Crippen molar-refractivity contribution in [2.24, 2.45) is 0 Å². The van der Waals surface area contributed by atoms with Crippen molar-refractivity contribution in [1.82, 2.24) is 5.32 Å². The summed E-state index contributed by atoms with van der Waals surface area (Å²) in [5.41, 5.74) is 0.364. The summed E-state index contributed by atoms with van der Waals surface area (Å²) in [7, 11) is -3.00. The van der Waals surface area contributed by atoms with Crippen LogP contribution in [0.25, 0.3) is 0 Å². The molecule has 0 radical (unpaired) electrons. The summed E-state index contributed by atoms with van der Waals surface area (Å²) < 4.78 is 19.1. The molecule has 1 aromatic rings. The number of hydrogen-bond acceptors (Lipinski definition) is 7. The fourth-order valence-electron chi connectivity index (χ4n) is 4.04. The van der Waals surface area contributed by atoms with Crippen LogP contribution in [0.4, 0.5) is 11.4 Å². The molecule has 3 atom stereocenters. The number of amides is 1. The van der Waals surface area contributed by atoms with Crippen LogP contribution in [0.15, 0.2) is 24.3 Å². The predicted molar refractivity (Wildman–Crippen MR) is 158 cm³/mol. The van der Waals surface area contributed by atoms with Crippen LogP contribution in [0.2, 0.25) is 36.3 Å². The maximum Gasteiger partial charge on any atom is 0.292 e. The summed E-state index contributed by atoms with van der Waals surface area (Å²) in [5.74, 6) is -0.218. The van der Waals surface area contributed by atoms with Gasteiger partial charge in [-0.3, -0.25) is 14.9 Å². The van der Waals surface area contributed by atoms with Crippen molar-refractivity contribution in [2.45, 2.75) is 102 Å². The van der Waals surface area contributed by atoms with E-state index >= 15 is 0 Å². The van der Waals surface area contributed by atoms with Crippen molar-refractivity contribution in [3.05, 3.63) is 34.4 Å². The molecule has 1 aliphatic rings. The fourth-order valence-corrected chi connectivity index (χ4v) is 6.68. The van der Waals surface area contributed by atoms with E-state index < -0.39 is 39.8 Å². The summed E-state index contributed by atoms with van der Waals surface area (Å²) in [6.45, 7) is 23.0. The zero-order valence-corrected chi connectivity index (χ0v) is 27.2. The van der Waals surface area contributed by atoms with Gasteiger partial charge in [0.2, 0.25) is 5.91 Å². The molecule has 1 heterocycles. The van der Waals surface area contributed by atoms with E-state index in [4.69, 9.17) is 13.6 Å². The van der Waals surface area contributed by atoms with Gasteiger partial charge in [-0.2, -0.15) is 0 Å². The van der Waals surface area contributed by atoms with E-state index in [1.54, 1.807) is 25.3 Å². The zero-order chi connectivity index (χ0) is 29.1. The highest BCUT2D eigenvalue weighted by Gasteiger charge is 2.54. The van der Waals surface area contributed by atoms with Crippen molar-refractivity contribution >= 4 is 33.9 Å². The van der Waals surface area contributed by atoms with E-state index in [0.717, 1.165) is 0 Å². The van der Waals surface area contributed by atoms with Crippen LogP contribution in [-0.4, -0.2) is 72.5 Å². The minimum absolute atomic E-state index is 0.0382. The third-order valence-electron chi connectivity index (χ3n) is 8.36. The second-order valence-corrected chi connectivity index (χ2v) is 22.8. The Kier molecular flexibility index (Phi) is 10.4. The van der Waals surface area contributed by atoms with Crippen LogP contribution in [0.5, 0.6) is 0 Å². The summed E-state index contributed by atoms with van der Waals surface area (Å²) >= 11 is 0.